The normalized spacial score (nSPS) is 16.4. The maximum absolute atomic E-state index is 12.7. The molecule has 0 bridgehead atoms. The Morgan fingerprint density at radius 3 is 2.75 bits per heavy atom. The maximum Gasteiger partial charge on any atom is 0.251 e. The monoisotopic (exact) mass is 414 g/mol. The van der Waals surface area contributed by atoms with Crippen LogP contribution in [0.15, 0.2) is 48.5 Å². The number of ether oxygens (including phenoxy) is 1. The smallest absolute Gasteiger partial charge is 0.251 e. The number of piperidine rings is 1. The molecule has 6 heteroatoms. The minimum absolute atomic E-state index is 0.0745. The van der Waals surface area contributed by atoms with Crippen LogP contribution in [0.1, 0.15) is 36.3 Å². The van der Waals surface area contributed by atoms with Crippen LogP contribution in [0, 0.1) is 0 Å². The molecule has 0 saturated carbocycles. The van der Waals surface area contributed by atoms with Crippen molar-refractivity contribution in [3.63, 3.8) is 0 Å². The summed E-state index contributed by atoms with van der Waals surface area (Å²) in [4.78, 5) is 19.4. The van der Waals surface area contributed by atoms with Gasteiger partial charge < -0.3 is 9.64 Å². The molecule has 4 nitrogen and oxygen atoms in total. The number of amides is 1. The number of aromatic nitrogens is 1. The Hall–Kier alpha value is -1.95. The van der Waals surface area contributed by atoms with Gasteiger partial charge in [0.2, 0.25) is 0 Å². The summed E-state index contributed by atoms with van der Waals surface area (Å²) in [6.07, 6.45) is 1.44. The van der Waals surface area contributed by atoms with Gasteiger partial charge in [-0.05, 0) is 43.5 Å². The summed E-state index contributed by atoms with van der Waals surface area (Å²) >= 11 is 7.81. The van der Waals surface area contributed by atoms with Crippen molar-refractivity contribution in [3.8, 4) is 0 Å². The highest BCUT2D eigenvalue weighted by Gasteiger charge is 2.28. The largest absolute Gasteiger partial charge is 0.364 e. The van der Waals surface area contributed by atoms with Crippen molar-refractivity contribution in [1.29, 1.82) is 0 Å². The van der Waals surface area contributed by atoms with E-state index in [1.165, 1.54) is 4.70 Å². The number of nitrogens with zero attached hydrogens (tertiary/aromatic N) is 2. The molecule has 1 saturated heterocycles. The van der Waals surface area contributed by atoms with Crippen molar-refractivity contribution in [1.82, 2.24) is 9.88 Å². The lowest BCUT2D eigenvalue weighted by Crippen LogP contribution is -2.43. The van der Waals surface area contributed by atoms with E-state index in [9.17, 15) is 4.79 Å². The number of thiazole rings is 1. The van der Waals surface area contributed by atoms with E-state index in [1.807, 2.05) is 60.4 Å². The van der Waals surface area contributed by atoms with Crippen LogP contribution in [0.3, 0.4) is 0 Å². The summed E-state index contributed by atoms with van der Waals surface area (Å²) in [6.45, 7) is 3.80. The summed E-state index contributed by atoms with van der Waals surface area (Å²) < 4.78 is 6.96. The molecule has 0 aliphatic carbocycles. The molecular weight excluding hydrogens is 392 g/mol. The molecule has 0 radical (unpaired) electrons. The van der Waals surface area contributed by atoms with Crippen LogP contribution in [0.4, 0.5) is 0 Å². The third-order valence-electron chi connectivity index (χ3n) is 5.21. The second kappa shape index (κ2) is 8.60. The van der Waals surface area contributed by atoms with Crippen molar-refractivity contribution in [2.75, 3.05) is 13.1 Å². The number of carbonyl (C=O) groups excluding carboxylic acids is 1. The summed E-state index contributed by atoms with van der Waals surface area (Å²) in [6, 6.07) is 15.8. The van der Waals surface area contributed by atoms with Gasteiger partial charge in [0.05, 0.1) is 21.8 Å². The highest BCUT2D eigenvalue weighted by Crippen LogP contribution is 2.34. The fourth-order valence-electron chi connectivity index (χ4n) is 3.56. The lowest BCUT2D eigenvalue weighted by molar-refractivity contribution is -0.144. The van der Waals surface area contributed by atoms with Gasteiger partial charge in [0.25, 0.3) is 5.91 Å². The Morgan fingerprint density at radius 2 is 2.00 bits per heavy atom. The third-order valence-corrected chi connectivity index (χ3v) is 6.65. The van der Waals surface area contributed by atoms with Gasteiger partial charge in [0, 0.05) is 24.0 Å². The standard InChI is InChI=1S/C22H23ClN2O2S/c1-15(27-14-16-5-3-2-4-6-16)22(26)25-11-9-17(10-12-25)21-24-19-13-18(23)7-8-20(19)28-21/h2-8,13,15,17H,9-12,14H2,1H3. The number of hydrogen-bond donors (Lipinski definition) is 0. The minimum atomic E-state index is -0.429. The molecule has 0 spiro atoms. The quantitative estimate of drug-likeness (QED) is 0.571. The van der Waals surface area contributed by atoms with Crippen molar-refractivity contribution in [2.24, 2.45) is 0 Å². The average Bonchev–Trinajstić information content (AvgIpc) is 3.15. The highest BCUT2D eigenvalue weighted by molar-refractivity contribution is 7.18. The highest BCUT2D eigenvalue weighted by atomic mass is 35.5. The SMILES string of the molecule is CC(OCc1ccccc1)C(=O)N1CCC(c2nc3cc(Cl)ccc3s2)CC1. The Morgan fingerprint density at radius 1 is 1.25 bits per heavy atom. The number of benzene rings is 2. The average molecular weight is 415 g/mol. The van der Waals surface area contributed by atoms with E-state index in [0.29, 0.717) is 17.5 Å². The Balaban J connectivity index is 1.32. The van der Waals surface area contributed by atoms with Crippen LogP contribution >= 0.6 is 22.9 Å². The van der Waals surface area contributed by atoms with Crippen LogP contribution in [0.25, 0.3) is 10.2 Å². The minimum Gasteiger partial charge on any atom is -0.364 e. The van der Waals surface area contributed by atoms with Gasteiger partial charge >= 0.3 is 0 Å². The van der Waals surface area contributed by atoms with Gasteiger partial charge in [-0.1, -0.05) is 41.9 Å². The van der Waals surface area contributed by atoms with E-state index in [0.717, 1.165) is 42.0 Å². The zero-order valence-corrected chi connectivity index (χ0v) is 17.4. The molecule has 1 unspecified atom stereocenters. The topological polar surface area (TPSA) is 42.4 Å². The Kier molecular flexibility index (Phi) is 5.95. The molecule has 146 valence electrons. The Labute approximate surface area is 174 Å². The van der Waals surface area contributed by atoms with E-state index in [1.54, 1.807) is 11.3 Å². The van der Waals surface area contributed by atoms with E-state index >= 15 is 0 Å². The van der Waals surface area contributed by atoms with Crippen LogP contribution < -0.4 is 0 Å². The molecule has 1 aliphatic heterocycles. The number of fused-ring (bicyclic) bond motifs is 1. The van der Waals surface area contributed by atoms with Crippen LogP contribution in [-0.2, 0) is 16.1 Å². The molecule has 0 N–H and O–H groups in total. The first-order valence-corrected chi connectivity index (χ1v) is 10.8. The van der Waals surface area contributed by atoms with Gasteiger partial charge in [-0.3, -0.25) is 4.79 Å². The summed E-state index contributed by atoms with van der Waals surface area (Å²) in [5.41, 5.74) is 2.05. The summed E-state index contributed by atoms with van der Waals surface area (Å²) in [5, 5.41) is 1.87. The fraction of sp³-hybridized carbons (Fsp3) is 0.364. The lowest BCUT2D eigenvalue weighted by Gasteiger charge is -2.32. The zero-order chi connectivity index (χ0) is 19.5. The van der Waals surface area contributed by atoms with Gasteiger partial charge in [-0.2, -0.15) is 0 Å². The molecule has 1 amide bonds. The molecule has 1 atom stereocenters. The Bertz CT molecular complexity index is 952. The molecular formula is C22H23ClN2O2S. The number of rotatable bonds is 5. The molecule has 1 fully saturated rings. The molecule has 1 aromatic heterocycles. The predicted octanol–water partition coefficient (Wildman–Crippen LogP) is 5.26. The molecule has 2 aromatic carbocycles. The number of likely N-dealkylation sites (tertiary alicyclic amines) is 1. The summed E-state index contributed by atoms with van der Waals surface area (Å²) in [5.74, 6) is 0.478. The van der Waals surface area contributed by atoms with Crippen LogP contribution in [0.5, 0.6) is 0 Å². The van der Waals surface area contributed by atoms with Gasteiger partial charge in [-0.25, -0.2) is 4.98 Å². The van der Waals surface area contributed by atoms with Crippen LogP contribution in [-0.4, -0.2) is 35.0 Å². The van der Waals surface area contributed by atoms with Gasteiger partial charge in [-0.15, -0.1) is 11.3 Å². The van der Waals surface area contributed by atoms with Crippen molar-refractivity contribution in [2.45, 2.75) is 38.4 Å². The predicted molar refractivity (Wildman–Crippen MR) is 114 cm³/mol. The van der Waals surface area contributed by atoms with Crippen molar-refractivity contribution >= 4 is 39.1 Å². The second-order valence-corrected chi connectivity index (χ2v) is 8.70. The first kappa shape index (κ1) is 19.4. The summed E-state index contributed by atoms with van der Waals surface area (Å²) in [7, 11) is 0. The van der Waals surface area contributed by atoms with Crippen molar-refractivity contribution < 1.29 is 9.53 Å². The fourth-order valence-corrected chi connectivity index (χ4v) is 4.85. The van der Waals surface area contributed by atoms with E-state index in [-0.39, 0.29) is 5.91 Å². The number of carbonyl (C=O) groups is 1. The van der Waals surface area contributed by atoms with Gasteiger partial charge in [0.15, 0.2) is 0 Å². The van der Waals surface area contributed by atoms with Crippen molar-refractivity contribution in [3.05, 3.63) is 64.1 Å². The van der Waals surface area contributed by atoms with Crippen LogP contribution in [0.2, 0.25) is 5.02 Å². The van der Waals surface area contributed by atoms with E-state index < -0.39 is 6.10 Å². The van der Waals surface area contributed by atoms with E-state index in [2.05, 4.69) is 0 Å². The first-order chi connectivity index (χ1) is 13.6. The maximum atomic E-state index is 12.7. The molecule has 2 heterocycles. The molecule has 3 aromatic rings. The lowest BCUT2D eigenvalue weighted by atomic mass is 9.97. The molecule has 1 aliphatic rings. The first-order valence-electron chi connectivity index (χ1n) is 9.60. The molecule has 28 heavy (non-hydrogen) atoms. The number of halogens is 1. The van der Waals surface area contributed by atoms with E-state index in [4.69, 9.17) is 21.3 Å². The third kappa shape index (κ3) is 4.37. The molecule has 4 rings (SSSR count). The van der Waals surface area contributed by atoms with Gasteiger partial charge in [0.1, 0.15) is 6.10 Å². The zero-order valence-electron chi connectivity index (χ0n) is 15.8. The second-order valence-electron chi connectivity index (χ2n) is 7.20. The number of hydrogen-bond acceptors (Lipinski definition) is 4.